The van der Waals surface area contributed by atoms with Gasteiger partial charge in [0.05, 0.1) is 50.3 Å². The number of ether oxygens (including phenoxy) is 6. The van der Waals surface area contributed by atoms with Crippen LogP contribution in [0.15, 0.2) is 0 Å². The van der Waals surface area contributed by atoms with Crippen molar-refractivity contribution >= 4 is 5.97 Å². The predicted octanol–water partition coefficient (Wildman–Crippen LogP) is -8.25. The predicted molar refractivity (Wildman–Crippen MR) is 162 cm³/mol. The zero-order chi connectivity index (χ0) is 38.5. The molecule has 22 nitrogen and oxygen atoms in total. The Morgan fingerprint density at radius 2 is 1.53 bits per heavy atom. The first kappa shape index (κ1) is 44.1. The second-order valence-corrected chi connectivity index (χ2v) is 13.1. The first-order valence-electron chi connectivity index (χ1n) is 16.4. The summed E-state index contributed by atoms with van der Waals surface area (Å²) in [5, 5.41) is 143. The Bertz CT molecular complexity index is 1080. The fourth-order valence-electron chi connectivity index (χ4n) is 6.11. The molecule has 0 amide bonds. The van der Waals surface area contributed by atoms with Gasteiger partial charge in [-0.1, -0.05) is 6.92 Å². The molecule has 0 saturated carbocycles. The van der Waals surface area contributed by atoms with Crippen LogP contribution in [0.4, 0.5) is 0 Å². The van der Waals surface area contributed by atoms with Gasteiger partial charge in [0.2, 0.25) is 0 Å². The highest BCUT2D eigenvalue weighted by molar-refractivity contribution is 5.76. The van der Waals surface area contributed by atoms with Crippen LogP contribution in [0.5, 0.6) is 0 Å². The van der Waals surface area contributed by atoms with Gasteiger partial charge < -0.3 is 106 Å². The van der Waals surface area contributed by atoms with Crippen molar-refractivity contribution in [1.82, 2.24) is 0 Å². The molecular formula is C29H53NO21. The monoisotopic (exact) mass is 751 g/mol. The number of nitrogens with two attached hydrogens (primary N) is 1. The van der Waals surface area contributed by atoms with Crippen LogP contribution in [0.3, 0.4) is 0 Å². The van der Waals surface area contributed by atoms with Crippen LogP contribution >= 0.6 is 0 Å². The summed E-state index contributed by atoms with van der Waals surface area (Å²) >= 11 is 0. The molecule has 51 heavy (non-hydrogen) atoms. The van der Waals surface area contributed by atoms with Crippen molar-refractivity contribution in [3.8, 4) is 0 Å². The molecule has 3 aliphatic heterocycles. The quantitative estimate of drug-likeness (QED) is 0.0656. The lowest BCUT2D eigenvalue weighted by Crippen LogP contribution is -2.67. The Morgan fingerprint density at radius 1 is 0.902 bits per heavy atom. The van der Waals surface area contributed by atoms with E-state index in [2.05, 4.69) is 0 Å². The van der Waals surface area contributed by atoms with Gasteiger partial charge in [0.1, 0.15) is 67.1 Å². The molecule has 0 spiro atoms. The van der Waals surface area contributed by atoms with Gasteiger partial charge in [-0.15, -0.1) is 0 Å². The van der Waals surface area contributed by atoms with E-state index in [0.717, 1.165) is 0 Å². The van der Waals surface area contributed by atoms with Crippen LogP contribution in [0.1, 0.15) is 26.7 Å². The molecule has 20 atom stereocenters. The van der Waals surface area contributed by atoms with Gasteiger partial charge in [0.25, 0.3) is 5.79 Å². The molecule has 3 aliphatic rings. The Kier molecular flexibility index (Phi) is 16.3. The summed E-state index contributed by atoms with van der Waals surface area (Å²) in [7, 11) is 0. The second kappa shape index (κ2) is 18.8. The maximum Gasteiger partial charge on any atom is 0.364 e. The Hall–Kier alpha value is -1.33. The van der Waals surface area contributed by atoms with E-state index in [-0.39, 0.29) is 6.42 Å². The molecule has 3 saturated heterocycles. The van der Waals surface area contributed by atoms with E-state index in [9.17, 15) is 71.2 Å². The second-order valence-electron chi connectivity index (χ2n) is 13.1. The van der Waals surface area contributed by atoms with Crippen LogP contribution in [0.2, 0.25) is 0 Å². The lowest BCUT2D eigenvalue weighted by molar-refractivity contribution is -0.367. The lowest BCUT2D eigenvalue weighted by Gasteiger charge is -2.48. The van der Waals surface area contributed by atoms with E-state index < -0.39 is 161 Å². The van der Waals surface area contributed by atoms with E-state index in [0.29, 0.717) is 0 Å². The van der Waals surface area contributed by atoms with Crippen LogP contribution in [0, 0.1) is 5.92 Å². The first-order chi connectivity index (χ1) is 23.8. The SMILES string of the molecule is CC1C(O)[C@H](O[C@@H]2OC(CO[C@]3(C(=O)O)C[C@@H](O)[C@@H](N)C([C@H](O)C(O)CO)O3)[C@H](O)C(O)[C@@H]2O)[C@H](CO)O[C@H]1OC(C(O)[C@H](O)CCO)[C@@H](C)O. The van der Waals surface area contributed by atoms with Crippen LogP contribution in [-0.4, -0.2) is 220 Å². The van der Waals surface area contributed by atoms with E-state index >= 15 is 0 Å². The van der Waals surface area contributed by atoms with Crippen molar-refractivity contribution in [2.24, 2.45) is 11.7 Å². The van der Waals surface area contributed by atoms with Crippen molar-refractivity contribution in [3.63, 3.8) is 0 Å². The normalized spacial score (nSPS) is 42.8. The van der Waals surface area contributed by atoms with Gasteiger partial charge >= 0.3 is 5.97 Å². The third kappa shape index (κ3) is 9.86. The molecule has 3 heterocycles. The minimum absolute atomic E-state index is 0.248. The van der Waals surface area contributed by atoms with Crippen molar-refractivity contribution in [3.05, 3.63) is 0 Å². The number of hydrogen-bond donors (Lipinski definition) is 15. The van der Waals surface area contributed by atoms with Crippen LogP contribution in [0.25, 0.3) is 0 Å². The molecule has 22 heteroatoms. The maximum absolute atomic E-state index is 12.4. The van der Waals surface area contributed by atoms with Crippen molar-refractivity contribution < 1.29 is 105 Å². The molecule has 0 aliphatic carbocycles. The summed E-state index contributed by atoms with van der Waals surface area (Å²) in [4.78, 5) is 12.4. The van der Waals surface area contributed by atoms with E-state index in [4.69, 9.17) is 39.3 Å². The summed E-state index contributed by atoms with van der Waals surface area (Å²) in [6.07, 6.45) is -30.0. The van der Waals surface area contributed by atoms with Gasteiger partial charge in [-0.3, -0.25) is 0 Å². The third-order valence-electron chi connectivity index (χ3n) is 9.39. The minimum atomic E-state index is -2.78. The summed E-state index contributed by atoms with van der Waals surface area (Å²) in [6, 6.07) is -1.44. The number of aliphatic hydroxyl groups excluding tert-OH is 13. The molecule has 16 N–H and O–H groups in total. The molecule has 0 radical (unpaired) electrons. The fraction of sp³-hybridized carbons (Fsp3) is 0.966. The lowest BCUT2D eigenvalue weighted by atomic mass is 9.89. The average molecular weight is 752 g/mol. The first-order valence-corrected chi connectivity index (χ1v) is 16.4. The third-order valence-corrected chi connectivity index (χ3v) is 9.39. The van der Waals surface area contributed by atoms with Crippen molar-refractivity contribution in [2.75, 3.05) is 26.4 Å². The largest absolute Gasteiger partial charge is 0.477 e. The van der Waals surface area contributed by atoms with E-state index in [1.165, 1.54) is 13.8 Å². The van der Waals surface area contributed by atoms with Gasteiger partial charge in [-0.25, -0.2) is 4.79 Å². The smallest absolute Gasteiger partial charge is 0.364 e. The maximum atomic E-state index is 12.4. The summed E-state index contributed by atoms with van der Waals surface area (Å²) in [5.41, 5.74) is 5.85. The standard InChI is InChI=1S/C29H53NO21/c1-9-17(38)24(14(7-33)47-26(9)49-23(10(2)34)18(39)11(35)3-4-31)50-27-22(43)21(42)20(41)15(48-27)8-46-29(28(44)45)5-12(36)16(30)25(51-29)19(40)13(37)6-32/h9-27,31-43H,3-8,30H2,1-2H3,(H,44,45)/t9?,10-,11-,12-,13?,14+,15?,16-,17?,18?,19-,20+,21?,22+,23?,24-,25?,26+,27+,29-/m1/s1. The van der Waals surface area contributed by atoms with Gasteiger partial charge in [0, 0.05) is 18.9 Å². The number of hydrogen-bond acceptors (Lipinski definition) is 21. The average Bonchev–Trinajstić information content (AvgIpc) is 3.09. The van der Waals surface area contributed by atoms with Gasteiger partial charge in [-0.05, 0) is 13.3 Å². The highest BCUT2D eigenvalue weighted by Gasteiger charge is 2.56. The van der Waals surface area contributed by atoms with E-state index in [1.54, 1.807) is 0 Å². The topological polar surface area (TPSA) is 382 Å². The van der Waals surface area contributed by atoms with Crippen LogP contribution < -0.4 is 5.73 Å². The highest BCUT2D eigenvalue weighted by atomic mass is 16.8. The molecule has 300 valence electrons. The number of carboxylic acids is 1. The zero-order valence-electron chi connectivity index (χ0n) is 27.9. The Labute approximate surface area is 291 Å². The molecule has 0 bridgehead atoms. The number of aliphatic hydroxyl groups is 13. The molecule has 0 aromatic rings. The zero-order valence-corrected chi connectivity index (χ0v) is 27.9. The molecular weight excluding hydrogens is 698 g/mol. The molecule has 3 rings (SSSR count). The van der Waals surface area contributed by atoms with Gasteiger partial charge in [0.15, 0.2) is 12.6 Å². The number of rotatable bonds is 17. The molecule has 8 unspecified atom stereocenters. The Morgan fingerprint density at radius 3 is 2.08 bits per heavy atom. The fourth-order valence-corrected chi connectivity index (χ4v) is 6.11. The van der Waals surface area contributed by atoms with Crippen molar-refractivity contribution in [2.45, 2.75) is 143 Å². The summed E-state index contributed by atoms with van der Waals surface area (Å²) in [6.45, 7) is -0.576. The molecule has 0 aromatic carbocycles. The number of carbonyl (C=O) groups is 1. The minimum Gasteiger partial charge on any atom is -0.477 e. The van der Waals surface area contributed by atoms with Crippen molar-refractivity contribution in [1.29, 1.82) is 0 Å². The van der Waals surface area contributed by atoms with Crippen LogP contribution in [-0.2, 0) is 33.2 Å². The number of aliphatic carboxylic acids is 1. The van der Waals surface area contributed by atoms with E-state index in [1.807, 2.05) is 0 Å². The summed E-state index contributed by atoms with van der Waals surface area (Å²) < 4.78 is 33.6. The van der Waals surface area contributed by atoms with Gasteiger partial charge in [-0.2, -0.15) is 0 Å². The molecule has 0 aromatic heterocycles. The Balaban J connectivity index is 1.76. The highest BCUT2D eigenvalue weighted by Crippen LogP contribution is 2.36. The number of carboxylic acid groups (broad SMARTS) is 1. The summed E-state index contributed by atoms with van der Waals surface area (Å²) in [5.74, 6) is -5.67. The molecule has 3 fully saturated rings.